The first-order valence-electron chi connectivity index (χ1n) is 31.0. The summed E-state index contributed by atoms with van der Waals surface area (Å²) in [4.78, 5) is 0. The monoisotopic (exact) mass is 1250 g/mol. The van der Waals surface area contributed by atoms with Gasteiger partial charge in [-0.3, -0.25) is 0 Å². The van der Waals surface area contributed by atoms with Crippen molar-refractivity contribution in [3.05, 3.63) is 11.6 Å². The highest BCUT2D eigenvalue weighted by Gasteiger charge is 2.71. The van der Waals surface area contributed by atoms with E-state index in [1.165, 1.54) is 5.57 Å². The van der Waals surface area contributed by atoms with Crippen molar-refractivity contribution < 1.29 is 139 Å². The second kappa shape index (κ2) is 25.7. The van der Waals surface area contributed by atoms with E-state index in [2.05, 4.69) is 40.7 Å². The van der Waals surface area contributed by atoms with Crippen molar-refractivity contribution >= 4 is 0 Å². The lowest BCUT2D eigenvalue weighted by Gasteiger charge is -2.72. The first kappa shape index (κ1) is 68.5. The number of aliphatic hydroxyl groups excluding tert-OH is 18. The van der Waals surface area contributed by atoms with Crippen molar-refractivity contribution in [1.29, 1.82) is 0 Å². The molecule has 0 amide bonds. The number of hydrogen-bond acceptors (Lipinski definition) is 28. The second-order valence-electron chi connectivity index (χ2n) is 28.8. The first-order chi connectivity index (χ1) is 40.8. The van der Waals surface area contributed by atoms with Crippen LogP contribution in [0, 0.1) is 50.2 Å². The summed E-state index contributed by atoms with van der Waals surface area (Å²) in [6.45, 7) is 10.3. The molecule has 5 saturated heterocycles. The largest absolute Gasteiger partial charge is 0.394 e. The van der Waals surface area contributed by atoms with Crippen molar-refractivity contribution in [2.45, 2.75) is 259 Å². The minimum absolute atomic E-state index is 0.0463. The summed E-state index contributed by atoms with van der Waals surface area (Å²) in [5.74, 6) is -0.296. The Morgan fingerprint density at radius 1 is 0.448 bits per heavy atom. The van der Waals surface area contributed by atoms with E-state index in [1.54, 1.807) is 0 Å². The van der Waals surface area contributed by atoms with Gasteiger partial charge in [-0.2, -0.15) is 0 Å². The lowest BCUT2D eigenvalue weighted by molar-refractivity contribution is -0.342. The number of fused-ring (bicyclic) bond motifs is 7. The number of hydrogen-bond donors (Lipinski definition) is 18. The molecule has 10 rings (SSSR count). The number of aliphatic hydroxyl groups is 18. The molecule has 0 aromatic rings. The molecule has 0 aromatic heterocycles. The van der Waals surface area contributed by atoms with Crippen LogP contribution in [0.25, 0.3) is 0 Å². The van der Waals surface area contributed by atoms with Crippen LogP contribution >= 0.6 is 0 Å². The van der Waals surface area contributed by atoms with Gasteiger partial charge < -0.3 is 139 Å². The Hall–Kier alpha value is -1.38. The van der Waals surface area contributed by atoms with Gasteiger partial charge in [0, 0.05) is 10.8 Å². The van der Waals surface area contributed by atoms with Gasteiger partial charge in [-0.1, -0.05) is 53.2 Å². The third kappa shape index (κ3) is 12.0. The zero-order valence-corrected chi connectivity index (χ0v) is 50.3. The smallest absolute Gasteiger partial charge is 0.186 e. The molecule has 0 aromatic carbocycles. The highest BCUT2D eigenvalue weighted by Crippen LogP contribution is 2.76. The Kier molecular flexibility index (Phi) is 20.3. The first-order valence-corrected chi connectivity index (χ1v) is 31.0. The lowest BCUT2D eigenvalue weighted by atomic mass is 9.33. The van der Waals surface area contributed by atoms with Gasteiger partial charge >= 0.3 is 0 Å². The summed E-state index contributed by atoms with van der Waals surface area (Å²) >= 11 is 0. The van der Waals surface area contributed by atoms with Gasteiger partial charge in [0.15, 0.2) is 31.5 Å². The molecule has 5 aliphatic heterocycles. The molecule has 34 atom stereocenters. The van der Waals surface area contributed by atoms with Crippen molar-refractivity contribution in [3.63, 3.8) is 0 Å². The SMILES string of the molecule is CC1(C)CC[C@]2(CO[C@@H]3O[C@H](CO[C@@H]4O[C@H](CO)[C@@H](O)[C@H](O)[C@H]4O)[C@@H](O)[C@H](O)[C@H]3O)[C@@H](O)C[C@]3(C)C(=CC[C@@H]4[C@@]5(C)CC[C@H](O)[C@@](C)(CO[C@@H]6O[C@H](CO[C@@H]7O[C@H](CO[C@@H]8OC[C@@H](O)[C@H](O)[C@H]8O)[C@@H](O)[C@H](O)[C@H]7O)[C@@H](O)[C@H](O)[C@H]6O)[C@@H]5CC[C@]43C)[C@@H]2C1. The minimum Gasteiger partial charge on any atom is -0.394 e. The van der Waals surface area contributed by atoms with Gasteiger partial charge in [-0.15, -0.1) is 0 Å². The van der Waals surface area contributed by atoms with E-state index < -0.39 is 208 Å². The average Bonchev–Trinajstić information content (AvgIpc) is 0.711. The van der Waals surface area contributed by atoms with Crippen LogP contribution in [0.4, 0.5) is 0 Å². The van der Waals surface area contributed by atoms with Crippen molar-refractivity contribution in [3.8, 4) is 0 Å². The van der Waals surface area contributed by atoms with Crippen LogP contribution in [0.3, 0.4) is 0 Å². The summed E-state index contributed by atoms with van der Waals surface area (Å²) in [5.41, 5.74) is -2.04. The third-order valence-corrected chi connectivity index (χ3v) is 23.3. The predicted octanol–water partition coefficient (Wildman–Crippen LogP) is -5.16. The molecule has 18 N–H and O–H groups in total. The minimum atomic E-state index is -1.84. The van der Waals surface area contributed by atoms with Gasteiger partial charge in [0.05, 0.1) is 58.5 Å². The van der Waals surface area contributed by atoms with Gasteiger partial charge in [-0.05, 0) is 97.2 Å². The van der Waals surface area contributed by atoms with Crippen LogP contribution in [0.5, 0.6) is 0 Å². The maximum absolute atomic E-state index is 12.9. The van der Waals surface area contributed by atoms with Crippen LogP contribution in [-0.2, 0) is 47.4 Å². The molecular formula is C59H98O28. The van der Waals surface area contributed by atoms with Crippen LogP contribution < -0.4 is 0 Å². The Labute approximate surface area is 505 Å². The molecule has 28 heteroatoms. The highest BCUT2D eigenvalue weighted by atomic mass is 16.8. The van der Waals surface area contributed by atoms with E-state index in [9.17, 15) is 91.9 Å². The fourth-order valence-electron chi connectivity index (χ4n) is 17.5. The molecule has 10 aliphatic rings. The maximum atomic E-state index is 12.9. The quantitative estimate of drug-likeness (QED) is 0.0643. The predicted molar refractivity (Wildman–Crippen MR) is 292 cm³/mol. The summed E-state index contributed by atoms with van der Waals surface area (Å²) in [6.07, 6.45) is -32.7. The van der Waals surface area contributed by atoms with Crippen molar-refractivity contribution in [1.82, 2.24) is 0 Å². The number of rotatable bonds is 16. The molecule has 0 spiro atoms. The molecule has 0 bridgehead atoms. The van der Waals surface area contributed by atoms with Gasteiger partial charge in [0.25, 0.3) is 0 Å². The lowest BCUT2D eigenvalue weighted by Crippen LogP contribution is -2.68. The van der Waals surface area contributed by atoms with Crippen LogP contribution in [0.15, 0.2) is 11.6 Å². The van der Waals surface area contributed by atoms with Crippen molar-refractivity contribution in [2.24, 2.45) is 50.2 Å². The second-order valence-corrected chi connectivity index (χ2v) is 28.8. The van der Waals surface area contributed by atoms with E-state index in [4.69, 9.17) is 47.4 Å². The Morgan fingerprint density at radius 2 is 0.908 bits per heavy atom. The Balaban J connectivity index is 0.812. The molecule has 87 heavy (non-hydrogen) atoms. The molecule has 4 saturated carbocycles. The summed E-state index contributed by atoms with van der Waals surface area (Å²) < 4.78 is 58.4. The normalized spacial score (nSPS) is 55.2. The maximum Gasteiger partial charge on any atom is 0.186 e. The average molecular weight is 1260 g/mol. The van der Waals surface area contributed by atoms with E-state index >= 15 is 0 Å². The van der Waals surface area contributed by atoms with Gasteiger partial charge in [0.1, 0.15) is 116 Å². The molecule has 0 unspecified atom stereocenters. The zero-order chi connectivity index (χ0) is 63.4. The standard InChI is InChI=1S/C59H98O28/c1-54(2)13-14-59(23-83-53-48(77)43(72)39(68)30(87-53)20-80-50-45(74)40(69)36(65)27(17-60)84-50)25(15-54)24-7-8-32-55(3)11-10-33(62)56(4,31(55)9-12-57(32,5)58(24,6)16-34(59)63)22-82-52-47(76)42(71)38(67)29(86-52)21-81-51-46(75)41(70)37(66)28(85-51)19-79-49-44(73)35(64)26(61)18-78-49/h7,25-53,60-77H,8-23H2,1-6H3/t25-,26+,27+,28+,29+,30+,31+,32+,33-,34-,35-,36+,37+,38+,39+,40-,41-,42-,43-,44+,45+,46+,47+,48+,49-,50+,51+,52+,53+,55-,56-,57+,58+,59+/m0/s1. The molecule has 5 aliphatic carbocycles. The highest BCUT2D eigenvalue weighted by molar-refractivity contribution is 5.35. The fraction of sp³-hybridized carbons (Fsp3) is 0.966. The molecule has 28 nitrogen and oxygen atoms in total. The molecular weight excluding hydrogens is 1160 g/mol. The van der Waals surface area contributed by atoms with Gasteiger partial charge in [-0.25, -0.2) is 0 Å². The Bertz CT molecular complexity index is 2360. The fourth-order valence-corrected chi connectivity index (χ4v) is 17.5. The van der Waals surface area contributed by atoms with Gasteiger partial charge in [0.2, 0.25) is 0 Å². The number of ether oxygens (including phenoxy) is 10. The van der Waals surface area contributed by atoms with E-state index in [0.29, 0.717) is 51.4 Å². The Morgan fingerprint density at radius 3 is 1.43 bits per heavy atom. The van der Waals surface area contributed by atoms with Crippen LogP contribution in [0.2, 0.25) is 0 Å². The summed E-state index contributed by atoms with van der Waals surface area (Å²) in [7, 11) is 0. The third-order valence-electron chi connectivity index (χ3n) is 23.3. The van der Waals surface area contributed by atoms with Crippen LogP contribution in [-0.4, -0.2) is 298 Å². The molecule has 9 fully saturated rings. The summed E-state index contributed by atoms with van der Waals surface area (Å²) in [6, 6.07) is 0. The van der Waals surface area contributed by atoms with E-state index in [1.807, 2.05) is 6.92 Å². The summed E-state index contributed by atoms with van der Waals surface area (Å²) in [5, 5.41) is 195. The topological polar surface area (TPSA) is 456 Å². The molecule has 0 radical (unpaired) electrons. The zero-order valence-electron chi connectivity index (χ0n) is 50.3. The molecule has 502 valence electrons. The van der Waals surface area contributed by atoms with E-state index in [-0.39, 0.29) is 48.4 Å². The van der Waals surface area contributed by atoms with Crippen molar-refractivity contribution in [2.75, 3.05) is 46.2 Å². The number of allylic oxidation sites excluding steroid dienone is 2. The molecule has 5 heterocycles. The van der Waals surface area contributed by atoms with E-state index in [0.717, 1.165) is 6.42 Å². The van der Waals surface area contributed by atoms with Crippen LogP contribution in [0.1, 0.15) is 99.3 Å².